The van der Waals surface area contributed by atoms with Crippen LogP contribution in [0.4, 0.5) is 0 Å². The molecule has 0 bridgehead atoms. The maximum absolute atomic E-state index is 11.9. The molecule has 0 aliphatic carbocycles. The number of hydrogen-bond acceptors (Lipinski definition) is 2. The Morgan fingerprint density at radius 2 is 1.52 bits per heavy atom. The summed E-state index contributed by atoms with van der Waals surface area (Å²) in [6.45, 7) is 7.80. The molecule has 21 heavy (non-hydrogen) atoms. The lowest BCUT2D eigenvalue weighted by Crippen LogP contribution is -2.37. The van der Waals surface area contributed by atoms with Crippen molar-refractivity contribution in [1.82, 2.24) is 0 Å². The first-order valence-corrected chi connectivity index (χ1v) is 8.00. The first kappa shape index (κ1) is 19.7. The number of unbranched alkanes of at least 4 members (excludes halogenated alkanes) is 3. The zero-order valence-electron chi connectivity index (χ0n) is 13.8. The van der Waals surface area contributed by atoms with E-state index in [1.807, 2.05) is 20.8 Å². The molecule has 2 N–H and O–H groups in total. The van der Waals surface area contributed by atoms with Crippen LogP contribution in [-0.2, 0) is 9.59 Å². The molecule has 0 aliphatic heterocycles. The molecule has 4 heteroatoms. The highest BCUT2D eigenvalue weighted by atomic mass is 16.4. The van der Waals surface area contributed by atoms with E-state index in [0.29, 0.717) is 12.8 Å². The highest BCUT2D eigenvalue weighted by Gasteiger charge is 2.44. The van der Waals surface area contributed by atoms with Crippen LogP contribution >= 0.6 is 0 Å². The molecule has 1 atom stereocenters. The van der Waals surface area contributed by atoms with Crippen molar-refractivity contribution >= 4 is 11.9 Å². The summed E-state index contributed by atoms with van der Waals surface area (Å²) < 4.78 is 0. The predicted octanol–water partition coefficient (Wildman–Crippen LogP) is 4.49. The zero-order valence-corrected chi connectivity index (χ0v) is 13.8. The van der Waals surface area contributed by atoms with Crippen LogP contribution < -0.4 is 0 Å². The Balaban J connectivity index is 5.67. The molecule has 0 aromatic rings. The number of hydrogen-bond donors (Lipinski definition) is 2. The Morgan fingerprint density at radius 1 is 1.00 bits per heavy atom. The Bertz CT molecular complexity index is 371. The third-order valence-electron chi connectivity index (χ3n) is 3.82. The van der Waals surface area contributed by atoms with Crippen molar-refractivity contribution in [2.75, 3.05) is 0 Å². The first-order valence-electron chi connectivity index (χ1n) is 8.00. The average Bonchev–Trinajstić information content (AvgIpc) is 2.39. The van der Waals surface area contributed by atoms with Gasteiger partial charge in [0.25, 0.3) is 0 Å². The van der Waals surface area contributed by atoms with Crippen molar-refractivity contribution in [2.45, 2.75) is 72.6 Å². The van der Waals surface area contributed by atoms with Crippen molar-refractivity contribution in [3.63, 3.8) is 0 Å². The van der Waals surface area contributed by atoms with Gasteiger partial charge in [-0.05, 0) is 18.8 Å². The summed E-state index contributed by atoms with van der Waals surface area (Å²) in [6.07, 6.45) is 6.65. The van der Waals surface area contributed by atoms with Gasteiger partial charge in [-0.3, -0.25) is 4.79 Å². The van der Waals surface area contributed by atoms with Crippen molar-refractivity contribution < 1.29 is 19.8 Å². The van der Waals surface area contributed by atoms with Gasteiger partial charge in [0.2, 0.25) is 0 Å². The molecule has 1 unspecified atom stereocenters. The molecular formula is C17H30O4. The van der Waals surface area contributed by atoms with Crippen molar-refractivity contribution in [3.05, 3.63) is 11.6 Å². The summed E-state index contributed by atoms with van der Waals surface area (Å²) >= 11 is 0. The molecule has 0 amide bonds. The van der Waals surface area contributed by atoms with Crippen LogP contribution in [0.5, 0.6) is 0 Å². The third-order valence-corrected chi connectivity index (χ3v) is 3.82. The molecule has 0 saturated carbocycles. The molecule has 0 aliphatic rings. The number of allylic oxidation sites excluding steroid dienone is 1. The highest BCUT2D eigenvalue weighted by molar-refractivity contribution is 5.96. The monoisotopic (exact) mass is 298 g/mol. The van der Waals surface area contributed by atoms with E-state index in [2.05, 4.69) is 6.92 Å². The summed E-state index contributed by atoms with van der Waals surface area (Å²) in [4.78, 5) is 23.6. The number of carbonyl (C=O) groups is 2. The van der Waals surface area contributed by atoms with Gasteiger partial charge in [0, 0.05) is 0 Å². The maximum atomic E-state index is 11.9. The summed E-state index contributed by atoms with van der Waals surface area (Å²) in [5.74, 6) is -2.08. The van der Waals surface area contributed by atoms with Crippen molar-refractivity contribution in [3.8, 4) is 0 Å². The van der Waals surface area contributed by atoms with Crippen LogP contribution in [0.25, 0.3) is 0 Å². The molecule has 0 radical (unpaired) electrons. The van der Waals surface area contributed by atoms with Gasteiger partial charge in [0.05, 0.1) is 11.0 Å². The summed E-state index contributed by atoms with van der Waals surface area (Å²) in [5.41, 5.74) is -1.18. The Kier molecular flexibility index (Phi) is 8.98. The van der Waals surface area contributed by atoms with Crippen LogP contribution in [-0.4, -0.2) is 22.2 Å². The number of carboxylic acid groups (broad SMARTS) is 2. The van der Waals surface area contributed by atoms with Gasteiger partial charge in [-0.2, -0.15) is 0 Å². The fraction of sp³-hybridized carbons (Fsp3) is 0.765. The second kappa shape index (κ2) is 9.59. The number of aliphatic carboxylic acids is 2. The minimum absolute atomic E-state index is 0.0163. The van der Waals surface area contributed by atoms with E-state index in [0.717, 1.165) is 32.1 Å². The normalized spacial score (nSPS) is 15.0. The summed E-state index contributed by atoms with van der Waals surface area (Å²) in [7, 11) is 0. The molecule has 0 heterocycles. The largest absolute Gasteiger partial charge is 0.481 e. The smallest absolute Gasteiger partial charge is 0.332 e. The lowest BCUT2D eigenvalue weighted by atomic mass is 9.71. The van der Waals surface area contributed by atoms with E-state index in [1.54, 1.807) is 6.08 Å². The Hall–Kier alpha value is -1.32. The lowest BCUT2D eigenvalue weighted by Gasteiger charge is -2.31. The molecule has 0 fully saturated rings. The van der Waals surface area contributed by atoms with Crippen LogP contribution in [0.3, 0.4) is 0 Å². The van der Waals surface area contributed by atoms with E-state index < -0.39 is 17.4 Å². The topological polar surface area (TPSA) is 74.6 Å². The fourth-order valence-corrected chi connectivity index (χ4v) is 2.65. The van der Waals surface area contributed by atoms with E-state index in [9.17, 15) is 19.8 Å². The zero-order chi connectivity index (χ0) is 16.5. The van der Waals surface area contributed by atoms with Gasteiger partial charge in [0.15, 0.2) is 0 Å². The van der Waals surface area contributed by atoms with Gasteiger partial charge in [-0.25, -0.2) is 4.79 Å². The van der Waals surface area contributed by atoms with Crippen molar-refractivity contribution in [1.29, 1.82) is 0 Å². The SMILES string of the molecule is CCCCCC(CCCC)(C(=O)O)C(=CC(C)C)C(=O)O. The highest BCUT2D eigenvalue weighted by Crippen LogP contribution is 2.40. The fourth-order valence-electron chi connectivity index (χ4n) is 2.65. The predicted molar refractivity (Wildman–Crippen MR) is 84.3 cm³/mol. The molecule has 0 aromatic carbocycles. The summed E-state index contributed by atoms with van der Waals surface area (Å²) in [6, 6.07) is 0. The minimum Gasteiger partial charge on any atom is -0.481 e. The third kappa shape index (κ3) is 5.90. The molecule has 0 rings (SSSR count). The molecule has 0 aromatic heterocycles. The maximum Gasteiger partial charge on any atom is 0.332 e. The second-order valence-electron chi connectivity index (χ2n) is 6.08. The average molecular weight is 298 g/mol. The quantitative estimate of drug-likeness (QED) is 0.435. The van der Waals surface area contributed by atoms with E-state index in [-0.39, 0.29) is 11.5 Å². The molecule has 0 spiro atoms. The Morgan fingerprint density at radius 3 is 1.90 bits per heavy atom. The van der Waals surface area contributed by atoms with Gasteiger partial charge in [-0.1, -0.05) is 65.9 Å². The number of rotatable bonds is 11. The molecule has 4 nitrogen and oxygen atoms in total. The lowest BCUT2D eigenvalue weighted by molar-refractivity contribution is -0.151. The standard InChI is InChI=1S/C17H30O4/c1-5-7-9-11-17(16(20)21,10-8-6-2)14(15(18)19)12-13(3)4/h12-13H,5-11H2,1-4H3,(H,18,19)(H,20,21). The molecular weight excluding hydrogens is 268 g/mol. The first-order chi connectivity index (χ1) is 9.81. The minimum atomic E-state index is -1.25. The van der Waals surface area contributed by atoms with Crippen LogP contribution in [0.15, 0.2) is 11.6 Å². The van der Waals surface area contributed by atoms with Crippen molar-refractivity contribution in [2.24, 2.45) is 11.3 Å². The van der Waals surface area contributed by atoms with Gasteiger partial charge in [0.1, 0.15) is 0 Å². The van der Waals surface area contributed by atoms with Crippen LogP contribution in [0.1, 0.15) is 72.6 Å². The number of carboxylic acids is 2. The Labute approximate surface area is 128 Å². The molecule has 0 saturated heterocycles. The summed E-state index contributed by atoms with van der Waals surface area (Å²) in [5, 5.41) is 19.3. The van der Waals surface area contributed by atoms with E-state index in [4.69, 9.17) is 0 Å². The van der Waals surface area contributed by atoms with Gasteiger partial charge < -0.3 is 10.2 Å². The van der Waals surface area contributed by atoms with E-state index in [1.165, 1.54) is 0 Å². The van der Waals surface area contributed by atoms with Gasteiger partial charge >= 0.3 is 11.9 Å². The van der Waals surface area contributed by atoms with Crippen LogP contribution in [0.2, 0.25) is 0 Å². The van der Waals surface area contributed by atoms with E-state index >= 15 is 0 Å². The molecule has 122 valence electrons. The second-order valence-corrected chi connectivity index (χ2v) is 6.08. The van der Waals surface area contributed by atoms with Gasteiger partial charge in [-0.15, -0.1) is 0 Å². The van der Waals surface area contributed by atoms with Crippen LogP contribution in [0, 0.1) is 11.3 Å².